The molecule has 22 heavy (non-hydrogen) atoms. The number of esters is 1. The molecule has 1 aromatic carbocycles. The van der Waals surface area contributed by atoms with Gasteiger partial charge in [-0.2, -0.15) is 0 Å². The number of hydrogen-bond acceptors (Lipinski definition) is 7. The van der Waals surface area contributed by atoms with Gasteiger partial charge in [0, 0.05) is 0 Å². The lowest BCUT2D eigenvalue weighted by Gasteiger charge is -2.03. The summed E-state index contributed by atoms with van der Waals surface area (Å²) in [5, 5.41) is 16.8. The summed E-state index contributed by atoms with van der Waals surface area (Å²) in [6.07, 6.45) is 0. The van der Waals surface area contributed by atoms with Crippen molar-refractivity contribution in [2.45, 2.75) is 6.92 Å². The van der Waals surface area contributed by atoms with Gasteiger partial charge in [0.15, 0.2) is 0 Å². The summed E-state index contributed by atoms with van der Waals surface area (Å²) in [6.45, 7) is 1.87. The zero-order valence-electron chi connectivity index (χ0n) is 11.5. The fraction of sp³-hybridized carbons (Fsp3) is 0.154. The zero-order chi connectivity index (χ0) is 16.1. The monoisotopic (exact) mass is 304 g/mol. The van der Waals surface area contributed by atoms with Gasteiger partial charge in [-0.05, 0) is 19.1 Å². The van der Waals surface area contributed by atoms with Gasteiger partial charge in [-0.15, -0.1) is 10.2 Å². The maximum Gasteiger partial charge on any atom is 0.340 e. The van der Waals surface area contributed by atoms with Gasteiger partial charge in [0.05, 0.1) is 12.2 Å². The molecule has 1 aromatic heterocycles. The molecule has 2 aromatic rings. The average Bonchev–Trinajstić information content (AvgIpc) is 2.46. The van der Waals surface area contributed by atoms with Crippen molar-refractivity contribution in [3.63, 3.8) is 0 Å². The quantitative estimate of drug-likeness (QED) is 0.578. The van der Waals surface area contributed by atoms with Crippen LogP contribution in [0.1, 0.15) is 17.3 Å². The van der Waals surface area contributed by atoms with Gasteiger partial charge in [0.25, 0.3) is 5.56 Å². The first kappa shape index (κ1) is 15.2. The predicted octanol–water partition coefficient (Wildman–Crippen LogP) is 1.36. The Hall–Kier alpha value is -3.23. The third kappa shape index (κ3) is 3.26. The summed E-state index contributed by atoms with van der Waals surface area (Å²) >= 11 is 0. The van der Waals surface area contributed by atoms with Crippen molar-refractivity contribution >= 4 is 17.3 Å². The largest absolute Gasteiger partial charge is 0.493 e. The molecule has 9 nitrogen and oxygen atoms in total. The molecule has 0 atom stereocenters. The van der Waals surface area contributed by atoms with Crippen LogP contribution in [-0.2, 0) is 4.74 Å². The molecule has 1 heterocycles. The Morgan fingerprint density at radius 1 is 1.23 bits per heavy atom. The van der Waals surface area contributed by atoms with Crippen LogP contribution in [0.2, 0.25) is 0 Å². The van der Waals surface area contributed by atoms with Gasteiger partial charge in [0.1, 0.15) is 5.69 Å². The van der Waals surface area contributed by atoms with E-state index in [2.05, 4.69) is 10.2 Å². The van der Waals surface area contributed by atoms with Crippen molar-refractivity contribution in [2.75, 3.05) is 6.61 Å². The molecule has 3 N–H and O–H groups in total. The van der Waals surface area contributed by atoms with E-state index >= 15 is 0 Å². The highest BCUT2D eigenvalue weighted by atomic mass is 16.5. The molecule has 0 amide bonds. The highest BCUT2D eigenvalue weighted by Gasteiger charge is 2.12. The fourth-order valence-corrected chi connectivity index (χ4v) is 1.61. The first-order valence-electron chi connectivity index (χ1n) is 6.26. The van der Waals surface area contributed by atoms with Crippen LogP contribution < -0.4 is 11.2 Å². The molecule has 0 aliphatic carbocycles. The van der Waals surface area contributed by atoms with Crippen molar-refractivity contribution in [2.24, 2.45) is 10.2 Å². The highest BCUT2D eigenvalue weighted by Crippen LogP contribution is 2.24. The molecule has 2 rings (SSSR count). The van der Waals surface area contributed by atoms with Gasteiger partial charge in [-0.3, -0.25) is 14.8 Å². The number of rotatable bonds is 4. The number of carbonyl (C=O) groups is 1. The summed E-state index contributed by atoms with van der Waals surface area (Å²) in [7, 11) is 0. The van der Waals surface area contributed by atoms with Crippen LogP contribution >= 0.6 is 0 Å². The second-order valence-corrected chi connectivity index (χ2v) is 4.04. The SMILES string of the molecule is CCOC(=O)c1ccccc1N=Nc1c(O)[nH]c(=O)[nH]c1=O. The predicted molar refractivity (Wildman–Crippen MR) is 75.9 cm³/mol. The van der Waals surface area contributed by atoms with Gasteiger partial charge in [0.2, 0.25) is 11.6 Å². The molecule has 0 saturated carbocycles. The van der Waals surface area contributed by atoms with Crippen LogP contribution in [-0.4, -0.2) is 27.7 Å². The molecule has 0 aliphatic rings. The topological polar surface area (TPSA) is 137 Å². The lowest BCUT2D eigenvalue weighted by molar-refractivity contribution is 0.0527. The number of ether oxygens (including phenoxy) is 1. The minimum Gasteiger partial charge on any atom is -0.493 e. The van der Waals surface area contributed by atoms with Crippen LogP contribution in [0.4, 0.5) is 11.4 Å². The molecular weight excluding hydrogens is 292 g/mol. The van der Waals surface area contributed by atoms with E-state index in [0.717, 1.165) is 0 Å². The van der Waals surface area contributed by atoms with Crippen molar-refractivity contribution < 1.29 is 14.6 Å². The van der Waals surface area contributed by atoms with E-state index < -0.39 is 28.8 Å². The van der Waals surface area contributed by atoms with E-state index in [4.69, 9.17) is 4.74 Å². The molecule has 0 saturated heterocycles. The number of aromatic amines is 2. The summed E-state index contributed by atoms with van der Waals surface area (Å²) in [4.78, 5) is 38.1. The van der Waals surface area contributed by atoms with Crippen LogP contribution in [0.15, 0.2) is 44.1 Å². The van der Waals surface area contributed by atoms with E-state index in [0.29, 0.717) is 0 Å². The fourth-order valence-electron chi connectivity index (χ4n) is 1.61. The first-order valence-corrected chi connectivity index (χ1v) is 6.26. The van der Waals surface area contributed by atoms with Gasteiger partial charge in [-0.1, -0.05) is 12.1 Å². The number of hydrogen-bond donors (Lipinski definition) is 3. The van der Waals surface area contributed by atoms with E-state index in [1.807, 2.05) is 9.97 Å². The number of azo groups is 1. The van der Waals surface area contributed by atoms with Crippen LogP contribution in [0, 0.1) is 0 Å². The molecule has 0 spiro atoms. The van der Waals surface area contributed by atoms with E-state index in [1.165, 1.54) is 12.1 Å². The second-order valence-electron chi connectivity index (χ2n) is 4.04. The number of benzene rings is 1. The normalized spacial score (nSPS) is 10.8. The Morgan fingerprint density at radius 2 is 1.95 bits per heavy atom. The lowest BCUT2D eigenvalue weighted by atomic mass is 10.2. The van der Waals surface area contributed by atoms with E-state index in [-0.39, 0.29) is 17.9 Å². The number of nitrogens with zero attached hydrogens (tertiary/aromatic N) is 2. The minimum absolute atomic E-state index is 0.158. The first-order chi connectivity index (χ1) is 10.5. The summed E-state index contributed by atoms with van der Waals surface area (Å²) in [5.74, 6) is -1.30. The third-order valence-electron chi connectivity index (χ3n) is 2.56. The van der Waals surface area contributed by atoms with Gasteiger partial charge in [-0.25, -0.2) is 9.59 Å². The Balaban J connectivity index is 2.42. The standard InChI is InChI=1S/C13H12N4O5/c1-2-22-12(20)7-5-3-4-6-8(7)16-17-9-10(18)14-13(21)15-11(9)19/h3-6H,2H2,1H3,(H3,14,15,18,19,21). The maximum atomic E-state index is 11.8. The second kappa shape index (κ2) is 6.48. The van der Waals surface area contributed by atoms with Gasteiger partial charge < -0.3 is 9.84 Å². The Kier molecular flexibility index (Phi) is 4.47. The smallest absolute Gasteiger partial charge is 0.340 e. The molecule has 0 unspecified atom stereocenters. The number of H-pyrrole nitrogens is 2. The number of aromatic nitrogens is 2. The molecular formula is C13H12N4O5. The Labute approximate surface area is 123 Å². The summed E-state index contributed by atoms with van der Waals surface area (Å²) in [5.41, 5.74) is -1.93. The van der Waals surface area contributed by atoms with Crippen molar-refractivity contribution in [3.05, 3.63) is 50.7 Å². The molecule has 114 valence electrons. The average molecular weight is 304 g/mol. The van der Waals surface area contributed by atoms with E-state index in [9.17, 15) is 19.5 Å². The van der Waals surface area contributed by atoms with Crippen LogP contribution in [0.3, 0.4) is 0 Å². The summed E-state index contributed by atoms with van der Waals surface area (Å²) < 4.78 is 4.88. The Bertz CT molecular complexity index is 837. The number of nitrogens with one attached hydrogen (secondary N) is 2. The van der Waals surface area contributed by atoms with Crippen molar-refractivity contribution in [3.8, 4) is 5.88 Å². The van der Waals surface area contributed by atoms with Gasteiger partial charge >= 0.3 is 11.7 Å². The highest BCUT2D eigenvalue weighted by molar-refractivity contribution is 5.94. The summed E-state index contributed by atoms with van der Waals surface area (Å²) in [6, 6.07) is 6.22. The molecule has 0 radical (unpaired) electrons. The molecule has 0 bridgehead atoms. The van der Waals surface area contributed by atoms with E-state index in [1.54, 1.807) is 19.1 Å². The zero-order valence-corrected chi connectivity index (χ0v) is 11.5. The van der Waals surface area contributed by atoms with Crippen LogP contribution in [0.5, 0.6) is 5.88 Å². The Morgan fingerprint density at radius 3 is 2.64 bits per heavy atom. The third-order valence-corrected chi connectivity index (χ3v) is 2.56. The number of carbonyl (C=O) groups excluding carboxylic acids is 1. The lowest BCUT2D eigenvalue weighted by Crippen LogP contribution is -2.20. The van der Waals surface area contributed by atoms with Crippen molar-refractivity contribution in [1.29, 1.82) is 0 Å². The molecule has 0 fully saturated rings. The molecule has 9 heteroatoms. The maximum absolute atomic E-state index is 11.8. The molecule has 0 aliphatic heterocycles. The van der Waals surface area contributed by atoms with Crippen molar-refractivity contribution in [1.82, 2.24) is 9.97 Å². The van der Waals surface area contributed by atoms with Crippen LogP contribution in [0.25, 0.3) is 0 Å². The number of aromatic hydroxyl groups is 1. The minimum atomic E-state index is -0.904.